The Kier molecular flexibility index (Phi) is 3.65. The molecule has 6 heteroatoms. The van der Waals surface area contributed by atoms with Crippen molar-refractivity contribution in [3.63, 3.8) is 0 Å². The highest BCUT2D eigenvalue weighted by molar-refractivity contribution is 5.72. The van der Waals surface area contributed by atoms with Crippen LogP contribution in [0.1, 0.15) is 5.56 Å². The molecule has 0 aliphatic rings. The number of alkyl halides is 3. The van der Waals surface area contributed by atoms with E-state index in [2.05, 4.69) is 0 Å². The maximum absolute atomic E-state index is 13.7. The van der Waals surface area contributed by atoms with Gasteiger partial charge in [-0.2, -0.15) is 13.2 Å². The molecule has 0 aromatic heterocycles. The molecule has 0 N–H and O–H groups in total. The van der Waals surface area contributed by atoms with Crippen LogP contribution < -0.4 is 4.74 Å². The van der Waals surface area contributed by atoms with E-state index in [-0.39, 0.29) is 16.9 Å². The average molecular weight is 288 g/mol. The largest absolute Gasteiger partial charge is 0.496 e. The lowest BCUT2D eigenvalue weighted by Crippen LogP contribution is -2.05. The Morgan fingerprint density at radius 3 is 2.25 bits per heavy atom. The molecule has 0 aliphatic heterocycles. The van der Waals surface area contributed by atoms with Gasteiger partial charge in [0.15, 0.2) is 11.6 Å². The monoisotopic (exact) mass is 288 g/mol. The standard InChI is InChI=1S/C14H9F5O/c1-20-12-6-5-8(14(17,18)19)7-10(12)9-3-2-4-11(15)13(9)16/h2-7H,1H3. The van der Waals surface area contributed by atoms with Crippen molar-refractivity contribution in [3.05, 3.63) is 53.6 Å². The molecule has 0 saturated heterocycles. The molecular formula is C14H9F5O. The summed E-state index contributed by atoms with van der Waals surface area (Å²) >= 11 is 0. The van der Waals surface area contributed by atoms with Crippen LogP contribution in [0.2, 0.25) is 0 Å². The van der Waals surface area contributed by atoms with Crippen LogP contribution in [0.15, 0.2) is 36.4 Å². The normalized spacial score (nSPS) is 11.5. The van der Waals surface area contributed by atoms with Crippen LogP contribution >= 0.6 is 0 Å². The quantitative estimate of drug-likeness (QED) is 0.730. The van der Waals surface area contributed by atoms with Crippen molar-refractivity contribution < 1.29 is 26.7 Å². The van der Waals surface area contributed by atoms with E-state index in [0.717, 1.165) is 24.3 Å². The highest BCUT2D eigenvalue weighted by Crippen LogP contribution is 2.38. The summed E-state index contributed by atoms with van der Waals surface area (Å²) in [5.74, 6) is -2.32. The summed E-state index contributed by atoms with van der Waals surface area (Å²) < 4.78 is 69.9. The Balaban J connectivity index is 2.68. The zero-order chi connectivity index (χ0) is 14.9. The summed E-state index contributed by atoms with van der Waals surface area (Å²) in [5.41, 5.74) is -1.40. The number of methoxy groups -OCH3 is 1. The van der Waals surface area contributed by atoms with Crippen LogP contribution in [-0.4, -0.2) is 7.11 Å². The molecule has 0 heterocycles. The lowest BCUT2D eigenvalue weighted by molar-refractivity contribution is -0.137. The fourth-order valence-electron chi connectivity index (χ4n) is 1.81. The molecule has 2 aromatic rings. The molecule has 0 amide bonds. The highest BCUT2D eigenvalue weighted by Gasteiger charge is 2.31. The number of halogens is 5. The van der Waals surface area contributed by atoms with Crippen molar-refractivity contribution in [2.24, 2.45) is 0 Å². The minimum Gasteiger partial charge on any atom is -0.496 e. The van der Waals surface area contributed by atoms with Crippen LogP contribution in [0.25, 0.3) is 11.1 Å². The van der Waals surface area contributed by atoms with E-state index in [4.69, 9.17) is 4.74 Å². The van der Waals surface area contributed by atoms with Crippen molar-refractivity contribution in [3.8, 4) is 16.9 Å². The van der Waals surface area contributed by atoms with Gasteiger partial charge in [0.1, 0.15) is 5.75 Å². The van der Waals surface area contributed by atoms with Crippen molar-refractivity contribution >= 4 is 0 Å². The third-order valence-corrected chi connectivity index (χ3v) is 2.77. The average Bonchev–Trinajstić information content (AvgIpc) is 2.40. The first kappa shape index (κ1) is 14.3. The van der Waals surface area contributed by atoms with E-state index in [1.807, 2.05) is 0 Å². The molecule has 0 spiro atoms. The van der Waals surface area contributed by atoms with E-state index in [0.29, 0.717) is 0 Å². The second-order valence-corrected chi connectivity index (χ2v) is 4.01. The number of benzene rings is 2. The first-order valence-corrected chi connectivity index (χ1v) is 5.54. The van der Waals surface area contributed by atoms with Gasteiger partial charge >= 0.3 is 6.18 Å². The molecule has 2 rings (SSSR count). The second-order valence-electron chi connectivity index (χ2n) is 4.01. The molecule has 1 nitrogen and oxygen atoms in total. The minimum atomic E-state index is -4.58. The Hall–Kier alpha value is -2.11. The van der Waals surface area contributed by atoms with Crippen molar-refractivity contribution in [1.29, 1.82) is 0 Å². The Labute approximate surface area is 111 Å². The zero-order valence-electron chi connectivity index (χ0n) is 10.3. The van der Waals surface area contributed by atoms with Gasteiger partial charge < -0.3 is 4.74 Å². The summed E-state index contributed by atoms with van der Waals surface area (Å²) in [5, 5.41) is 0. The topological polar surface area (TPSA) is 9.23 Å². The lowest BCUT2D eigenvalue weighted by Gasteiger charge is -2.13. The minimum absolute atomic E-state index is 0.0301. The second kappa shape index (κ2) is 5.11. The molecule has 0 saturated carbocycles. The summed E-state index contributed by atoms with van der Waals surface area (Å²) in [4.78, 5) is 0. The van der Waals surface area contributed by atoms with Crippen LogP contribution in [0.5, 0.6) is 5.75 Å². The van der Waals surface area contributed by atoms with Gasteiger partial charge in [0, 0.05) is 11.1 Å². The zero-order valence-corrected chi connectivity index (χ0v) is 10.3. The number of ether oxygens (including phenoxy) is 1. The number of rotatable bonds is 2. The smallest absolute Gasteiger partial charge is 0.416 e. The number of hydrogen-bond acceptors (Lipinski definition) is 1. The van der Waals surface area contributed by atoms with Crippen molar-refractivity contribution in [2.75, 3.05) is 7.11 Å². The molecular weight excluding hydrogens is 279 g/mol. The van der Waals surface area contributed by atoms with Crippen LogP contribution in [-0.2, 0) is 6.18 Å². The summed E-state index contributed by atoms with van der Waals surface area (Å²) in [6.45, 7) is 0. The Bertz CT molecular complexity index is 634. The summed E-state index contributed by atoms with van der Waals surface area (Å²) in [6, 6.07) is 5.92. The van der Waals surface area contributed by atoms with E-state index in [1.165, 1.54) is 19.2 Å². The maximum Gasteiger partial charge on any atom is 0.416 e. The SMILES string of the molecule is COc1ccc(C(F)(F)F)cc1-c1cccc(F)c1F. The van der Waals surface area contributed by atoms with Crippen molar-refractivity contribution in [1.82, 2.24) is 0 Å². The van der Waals surface area contributed by atoms with Gasteiger partial charge in [0.2, 0.25) is 0 Å². The van der Waals surface area contributed by atoms with Crippen molar-refractivity contribution in [2.45, 2.75) is 6.18 Å². The highest BCUT2D eigenvalue weighted by atomic mass is 19.4. The molecule has 0 aliphatic carbocycles. The molecule has 0 bridgehead atoms. The summed E-state index contributed by atoms with van der Waals surface area (Å²) in [6.07, 6.45) is -4.58. The van der Waals surface area contributed by atoms with Gasteiger partial charge in [-0.15, -0.1) is 0 Å². The van der Waals surface area contributed by atoms with E-state index >= 15 is 0 Å². The van der Waals surface area contributed by atoms with Gasteiger partial charge in [-0.3, -0.25) is 0 Å². The Morgan fingerprint density at radius 1 is 0.950 bits per heavy atom. The third kappa shape index (κ3) is 2.59. The molecule has 0 atom stereocenters. The molecule has 0 unspecified atom stereocenters. The number of hydrogen-bond donors (Lipinski definition) is 0. The maximum atomic E-state index is 13.7. The Morgan fingerprint density at radius 2 is 1.65 bits per heavy atom. The van der Waals surface area contributed by atoms with Gasteiger partial charge in [-0.05, 0) is 24.3 Å². The van der Waals surface area contributed by atoms with Crippen LogP contribution in [0, 0.1) is 11.6 Å². The van der Waals surface area contributed by atoms with Crippen LogP contribution in [0.3, 0.4) is 0 Å². The lowest BCUT2D eigenvalue weighted by atomic mass is 10.0. The fraction of sp³-hybridized carbons (Fsp3) is 0.143. The predicted molar refractivity (Wildman–Crippen MR) is 63.3 cm³/mol. The third-order valence-electron chi connectivity index (χ3n) is 2.77. The first-order valence-electron chi connectivity index (χ1n) is 5.54. The molecule has 0 fully saturated rings. The molecule has 2 aromatic carbocycles. The van der Waals surface area contributed by atoms with E-state index in [9.17, 15) is 22.0 Å². The fourth-order valence-corrected chi connectivity index (χ4v) is 1.81. The van der Waals surface area contributed by atoms with Gasteiger partial charge in [0.25, 0.3) is 0 Å². The van der Waals surface area contributed by atoms with Gasteiger partial charge in [-0.25, -0.2) is 8.78 Å². The van der Waals surface area contributed by atoms with Crippen LogP contribution in [0.4, 0.5) is 22.0 Å². The molecule has 106 valence electrons. The predicted octanol–water partition coefficient (Wildman–Crippen LogP) is 4.66. The summed E-state index contributed by atoms with van der Waals surface area (Å²) in [7, 11) is 1.24. The molecule has 20 heavy (non-hydrogen) atoms. The molecule has 0 radical (unpaired) electrons. The van der Waals surface area contributed by atoms with E-state index in [1.54, 1.807) is 0 Å². The first-order chi connectivity index (χ1) is 9.34. The van der Waals surface area contributed by atoms with Gasteiger partial charge in [0.05, 0.1) is 12.7 Å². The van der Waals surface area contributed by atoms with E-state index < -0.39 is 23.4 Å². The van der Waals surface area contributed by atoms with Gasteiger partial charge in [-0.1, -0.05) is 12.1 Å².